The molecule has 0 N–H and O–H groups in total. The third kappa shape index (κ3) is 3.63. The van der Waals surface area contributed by atoms with Crippen LogP contribution in [0.3, 0.4) is 0 Å². The molecule has 0 atom stereocenters. The summed E-state index contributed by atoms with van der Waals surface area (Å²) in [7, 11) is 0. The Bertz CT molecular complexity index is 812. The zero-order valence-corrected chi connectivity index (χ0v) is 16.7. The first-order chi connectivity index (χ1) is 13.1. The van der Waals surface area contributed by atoms with Gasteiger partial charge in [0, 0.05) is 38.1 Å². The van der Waals surface area contributed by atoms with E-state index in [-0.39, 0.29) is 11.4 Å². The van der Waals surface area contributed by atoms with Crippen LogP contribution in [-0.2, 0) is 23.2 Å². The molecule has 2 heterocycles. The highest BCUT2D eigenvalue weighted by Crippen LogP contribution is 2.44. The maximum atomic E-state index is 12.4. The molecular formula is C23H27ClN2O. The lowest BCUT2D eigenvalue weighted by atomic mass is 9.74. The first kappa shape index (κ1) is 18.5. The fourth-order valence-electron chi connectivity index (χ4n) is 4.89. The van der Waals surface area contributed by atoms with Crippen LogP contribution in [0.2, 0.25) is 5.02 Å². The zero-order chi connectivity index (χ0) is 18.9. The number of piperidine rings is 1. The third-order valence-corrected chi connectivity index (χ3v) is 6.55. The van der Waals surface area contributed by atoms with Gasteiger partial charge in [-0.1, -0.05) is 48.0 Å². The molecule has 1 fully saturated rings. The van der Waals surface area contributed by atoms with Crippen molar-refractivity contribution in [3.8, 4) is 0 Å². The van der Waals surface area contributed by atoms with E-state index >= 15 is 0 Å². The van der Waals surface area contributed by atoms with Crippen LogP contribution in [0, 0.1) is 0 Å². The first-order valence-corrected chi connectivity index (χ1v) is 10.3. The lowest BCUT2D eigenvalue weighted by molar-refractivity contribution is -0.139. The van der Waals surface area contributed by atoms with Crippen LogP contribution in [-0.4, -0.2) is 41.9 Å². The quantitative estimate of drug-likeness (QED) is 0.791. The number of hydrogen-bond donors (Lipinski definition) is 0. The van der Waals surface area contributed by atoms with Crippen molar-refractivity contribution in [1.29, 1.82) is 0 Å². The van der Waals surface area contributed by atoms with Gasteiger partial charge < -0.3 is 9.80 Å². The Morgan fingerprint density at radius 3 is 2.52 bits per heavy atom. The van der Waals surface area contributed by atoms with Crippen LogP contribution in [0.15, 0.2) is 48.5 Å². The first-order valence-electron chi connectivity index (χ1n) is 9.92. The minimum Gasteiger partial charge on any atom is -0.333 e. The highest BCUT2D eigenvalue weighted by Gasteiger charge is 2.45. The second kappa shape index (κ2) is 7.65. The van der Waals surface area contributed by atoms with E-state index in [0.29, 0.717) is 0 Å². The SMILES string of the molecule is CC(=O)N1CCc2cc(Cl)ccc2C12CCN(CCc1ccccc1)CC2. The van der Waals surface area contributed by atoms with Crippen LogP contribution in [0.5, 0.6) is 0 Å². The Kier molecular flexibility index (Phi) is 5.25. The summed E-state index contributed by atoms with van der Waals surface area (Å²) in [4.78, 5) is 17.1. The normalized spacial score (nSPS) is 19.1. The molecule has 1 amide bonds. The van der Waals surface area contributed by atoms with Crippen molar-refractivity contribution >= 4 is 17.5 Å². The van der Waals surface area contributed by atoms with Gasteiger partial charge in [-0.25, -0.2) is 0 Å². The molecular weight excluding hydrogens is 356 g/mol. The highest BCUT2D eigenvalue weighted by atomic mass is 35.5. The summed E-state index contributed by atoms with van der Waals surface area (Å²) in [6.07, 6.45) is 3.97. The summed E-state index contributed by atoms with van der Waals surface area (Å²) in [5, 5.41) is 0.792. The molecule has 2 aromatic carbocycles. The highest BCUT2D eigenvalue weighted by molar-refractivity contribution is 6.30. The van der Waals surface area contributed by atoms with Gasteiger partial charge in [-0.15, -0.1) is 0 Å². The number of carbonyl (C=O) groups excluding carboxylic acids is 1. The molecule has 2 aromatic rings. The Balaban J connectivity index is 1.51. The number of fused-ring (bicyclic) bond motifs is 2. The number of amides is 1. The van der Waals surface area contributed by atoms with E-state index in [4.69, 9.17) is 11.6 Å². The molecule has 142 valence electrons. The van der Waals surface area contributed by atoms with Crippen molar-refractivity contribution in [2.75, 3.05) is 26.2 Å². The molecule has 0 bridgehead atoms. The average molecular weight is 383 g/mol. The Hall–Kier alpha value is -1.84. The molecule has 0 aromatic heterocycles. The van der Waals surface area contributed by atoms with E-state index in [1.807, 2.05) is 6.07 Å². The van der Waals surface area contributed by atoms with Crippen LogP contribution in [0.4, 0.5) is 0 Å². The van der Waals surface area contributed by atoms with E-state index in [0.717, 1.165) is 56.9 Å². The summed E-state index contributed by atoms with van der Waals surface area (Å²) in [6.45, 7) is 5.64. The second-order valence-electron chi connectivity index (χ2n) is 7.83. The topological polar surface area (TPSA) is 23.6 Å². The van der Waals surface area contributed by atoms with Crippen LogP contribution >= 0.6 is 11.6 Å². The molecule has 0 radical (unpaired) electrons. The van der Waals surface area contributed by atoms with E-state index < -0.39 is 0 Å². The Labute approximate surface area is 166 Å². The molecule has 0 unspecified atom stereocenters. The standard InChI is InChI=1S/C23H27ClN2O/c1-18(27)26-14-10-20-17-21(24)7-8-22(20)23(26)11-15-25(16-12-23)13-9-19-5-3-2-4-6-19/h2-8,17H,9-16H2,1H3. The van der Waals surface area contributed by atoms with Gasteiger partial charge in [0.25, 0.3) is 0 Å². The fourth-order valence-corrected chi connectivity index (χ4v) is 5.09. The minimum atomic E-state index is -0.159. The van der Waals surface area contributed by atoms with E-state index in [1.54, 1.807) is 6.92 Å². The predicted octanol–water partition coefficient (Wildman–Crippen LogP) is 4.28. The van der Waals surface area contributed by atoms with Crippen molar-refractivity contribution < 1.29 is 4.79 Å². The fraction of sp³-hybridized carbons (Fsp3) is 0.435. The van der Waals surface area contributed by atoms with Crippen LogP contribution < -0.4 is 0 Å². The lowest BCUT2D eigenvalue weighted by Crippen LogP contribution is -2.57. The van der Waals surface area contributed by atoms with Crippen molar-refractivity contribution in [3.05, 3.63) is 70.2 Å². The third-order valence-electron chi connectivity index (χ3n) is 6.31. The monoisotopic (exact) mass is 382 g/mol. The van der Waals surface area contributed by atoms with Gasteiger partial charge in [-0.2, -0.15) is 0 Å². The summed E-state index contributed by atoms with van der Waals surface area (Å²) in [5.41, 5.74) is 3.86. The smallest absolute Gasteiger partial charge is 0.220 e. The molecule has 4 rings (SSSR count). The second-order valence-corrected chi connectivity index (χ2v) is 8.27. The van der Waals surface area contributed by atoms with Gasteiger partial charge >= 0.3 is 0 Å². The molecule has 1 saturated heterocycles. The molecule has 4 heteroatoms. The van der Waals surface area contributed by atoms with Gasteiger partial charge in [0.05, 0.1) is 5.54 Å². The van der Waals surface area contributed by atoms with E-state index in [1.165, 1.54) is 16.7 Å². The Morgan fingerprint density at radius 2 is 1.81 bits per heavy atom. The maximum Gasteiger partial charge on any atom is 0.220 e. The number of benzene rings is 2. The van der Waals surface area contributed by atoms with Crippen molar-refractivity contribution in [2.45, 2.75) is 38.1 Å². The van der Waals surface area contributed by atoms with E-state index in [9.17, 15) is 4.79 Å². The van der Waals surface area contributed by atoms with Crippen molar-refractivity contribution in [2.24, 2.45) is 0 Å². The summed E-state index contributed by atoms with van der Waals surface area (Å²) >= 11 is 6.24. The molecule has 1 spiro atoms. The van der Waals surface area contributed by atoms with Gasteiger partial charge in [-0.3, -0.25) is 4.79 Å². The summed E-state index contributed by atoms with van der Waals surface area (Å²) in [6, 6.07) is 16.9. The van der Waals surface area contributed by atoms with Gasteiger partial charge in [-0.05, 0) is 54.5 Å². The zero-order valence-electron chi connectivity index (χ0n) is 16.0. The number of likely N-dealkylation sites (tertiary alicyclic amines) is 1. The molecule has 3 nitrogen and oxygen atoms in total. The van der Waals surface area contributed by atoms with Crippen molar-refractivity contribution in [3.63, 3.8) is 0 Å². The number of halogens is 1. The van der Waals surface area contributed by atoms with Crippen LogP contribution in [0.25, 0.3) is 0 Å². The van der Waals surface area contributed by atoms with Gasteiger partial charge in [0.2, 0.25) is 5.91 Å². The van der Waals surface area contributed by atoms with E-state index in [2.05, 4.69) is 52.3 Å². The maximum absolute atomic E-state index is 12.4. The average Bonchev–Trinajstić information content (AvgIpc) is 2.68. The lowest BCUT2D eigenvalue weighted by Gasteiger charge is -2.52. The molecule has 2 aliphatic rings. The van der Waals surface area contributed by atoms with Gasteiger partial charge in [0.15, 0.2) is 0 Å². The number of nitrogens with zero attached hydrogens (tertiary/aromatic N) is 2. The van der Waals surface area contributed by atoms with Gasteiger partial charge in [0.1, 0.15) is 0 Å². The Morgan fingerprint density at radius 1 is 1.07 bits per heavy atom. The largest absolute Gasteiger partial charge is 0.333 e. The molecule has 27 heavy (non-hydrogen) atoms. The summed E-state index contributed by atoms with van der Waals surface area (Å²) in [5.74, 6) is 0.188. The molecule has 2 aliphatic heterocycles. The summed E-state index contributed by atoms with van der Waals surface area (Å²) < 4.78 is 0. The van der Waals surface area contributed by atoms with Crippen LogP contribution in [0.1, 0.15) is 36.5 Å². The molecule has 0 aliphatic carbocycles. The molecule has 0 saturated carbocycles. The number of rotatable bonds is 3. The number of carbonyl (C=O) groups is 1. The van der Waals surface area contributed by atoms with Crippen molar-refractivity contribution in [1.82, 2.24) is 9.80 Å². The predicted molar refractivity (Wildman–Crippen MR) is 110 cm³/mol. The minimum absolute atomic E-state index is 0.159. The number of hydrogen-bond acceptors (Lipinski definition) is 2.